The van der Waals surface area contributed by atoms with E-state index in [0.717, 1.165) is 5.56 Å². The number of benzene rings is 2. The first-order chi connectivity index (χ1) is 10.1. The van der Waals surface area contributed by atoms with Gasteiger partial charge in [0.1, 0.15) is 17.6 Å². The molecule has 0 aliphatic carbocycles. The van der Waals surface area contributed by atoms with Crippen molar-refractivity contribution >= 4 is 5.97 Å². The van der Waals surface area contributed by atoms with Crippen LogP contribution >= 0.6 is 0 Å². The number of hydrogen-bond donors (Lipinski definition) is 0. The van der Waals surface area contributed by atoms with Crippen molar-refractivity contribution in [1.29, 1.82) is 5.26 Å². The second kappa shape index (κ2) is 6.58. The molecule has 21 heavy (non-hydrogen) atoms. The molecule has 0 aliphatic rings. The van der Waals surface area contributed by atoms with Crippen molar-refractivity contribution in [3.63, 3.8) is 0 Å². The SMILES string of the molecule is CCOC(=O)c1ccc(Oc2cc(C)ccc2C#N)cc1. The molecule has 0 bridgehead atoms. The highest BCUT2D eigenvalue weighted by atomic mass is 16.5. The minimum atomic E-state index is -0.364. The van der Waals surface area contributed by atoms with Gasteiger partial charge in [-0.25, -0.2) is 4.79 Å². The molecular weight excluding hydrogens is 266 g/mol. The molecule has 0 radical (unpaired) electrons. The first-order valence-electron chi connectivity index (χ1n) is 6.60. The van der Waals surface area contributed by atoms with E-state index < -0.39 is 0 Å². The number of carbonyl (C=O) groups is 1. The van der Waals surface area contributed by atoms with Crippen molar-refractivity contribution in [3.8, 4) is 17.6 Å². The Balaban J connectivity index is 2.19. The zero-order valence-electron chi connectivity index (χ0n) is 11.9. The Morgan fingerprint density at radius 2 is 1.90 bits per heavy atom. The summed E-state index contributed by atoms with van der Waals surface area (Å²) >= 11 is 0. The summed E-state index contributed by atoms with van der Waals surface area (Å²) in [6.07, 6.45) is 0. The monoisotopic (exact) mass is 281 g/mol. The molecule has 0 unspecified atom stereocenters. The van der Waals surface area contributed by atoms with Gasteiger partial charge in [0.15, 0.2) is 0 Å². The van der Waals surface area contributed by atoms with E-state index in [1.54, 1.807) is 43.3 Å². The molecule has 0 fully saturated rings. The maximum atomic E-state index is 11.6. The molecule has 2 aromatic carbocycles. The van der Waals surface area contributed by atoms with Gasteiger partial charge in [-0.2, -0.15) is 5.26 Å². The molecule has 0 saturated heterocycles. The average Bonchev–Trinajstić information content (AvgIpc) is 2.48. The van der Waals surface area contributed by atoms with E-state index in [2.05, 4.69) is 6.07 Å². The van der Waals surface area contributed by atoms with E-state index in [1.807, 2.05) is 13.0 Å². The molecule has 0 amide bonds. The third-order valence-corrected chi connectivity index (χ3v) is 2.85. The number of carbonyl (C=O) groups excluding carboxylic acids is 1. The Hall–Kier alpha value is -2.80. The molecule has 4 heteroatoms. The minimum Gasteiger partial charge on any atom is -0.462 e. The number of nitrogens with zero attached hydrogens (tertiary/aromatic N) is 1. The second-order valence-electron chi connectivity index (χ2n) is 4.46. The molecule has 0 heterocycles. The fourth-order valence-corrected chi connectivity index (χ4v) is 1.81. The van der Waals surface area contributed by atoms with Gasteiger partial charge in [0.25, 0.3) is 0 Å². The summed E-state index contributed by atoms with van der Waals surface area (Å²) in [5, 5.41) is 9.07. The zero-order chi connectivity index (χ0) is 15.2. The van der Waals surface area contributed by atoms with Crippen molar-refractivity contribution in [1.82, 2.24) is 0 Å². The normalized spacial score (nSPS) is 9.76. The predicted octanol–water partition coefficient (Wildman–Crippen LogP) is 3.84. The number of aryl methyl sites for hydroxylation is 1. The van der Waals surface area contributed by atoms with E-state index in [9.17, 15) is 4.79 Å². The van der Waals surface area contributed by atoms with Crippen LogP contribution in [-0.2, 0) is 4.74 Å². The molecule has 2 rings (SSSR count). The van der Waals surface area contributed by atoms with Crippen LogP contribution in [0.1, 0.15) is 28.4 Å². The predicted molar refractivity (Wildman–Crippen MR) is 78.4 cm³/mol. The van der Waals surface area contributed by atoms with E-state index in [4.69, 9.17) is 14.7 Å². The Morgan fingerprint density at radius 1 is 1.19 bits per heavy atom. The molecule has 2 aromatic rings. The summed E-state index contributed by atoms with van der Waals surface area (Å²) in [7, 11) is 0. The van der Waals surface area contributed by atoms with Gasteiger partial charge in [0, 0.05) is 0 Å². The van der Waals surface area contributed by atoms with E-state index in [0.29, 0.717) is 29.2 Å². The highest BCUT2D eigenvalue weighted by molar-refractivity contribution is 5.89. The molecule has 0 saturated carbocycles. The number of ether oxygens (including phenoxy) is 2. The summed E-state index contributed by atoms with van der Waals surface area (Å²) in [6.45, 7) is 4.03. The van der Waals surface area contributed by atoms with Crippen LogP contribution in [0.15, 0.2) is 42.5 Å². The van der Waals surface area contributed by atoms with Crippen LogP contribution in [0.3, 0.4) is 0 Å². The van der Waals surface area contributed by atoms with Gasteiger partial charge in [0.05, 0.1) is 17.7 Å². The quantitative estimate of drug-likeness (QED) is 0.799. The van der Waals surface area contributed by atoms with Crippen LogP contribution < -0.4 is 4.74 Å². The van der Waals surface area contributed by atoms with Crippen molar-refractivity contribution < 1.29 is 14.3 Å². The molecule has 4 nitrogen and oxygen atoms in total. The van der Waals surface area contributed by atoms with Gasteiger partial charge in [-0.15, -0.1) is 0 Å². The smallest absolute Gasteiger partial charge is 0.338 e. The van der Waals surface area contributed by atoms with Crippen molar-refractivity contribution in [2.75, 3.05) is 6.61 Å². The lowest BCUT2D eigenvalue weighted by molar-refractivity contribution is 0.0526. The standard InChI is InChI=1S/C17H15NO3/c1-3-20-17(19)13-6-8-15(9-7-13)21-16-10-12(2)4-5-14(16)11-18/h4-10H,3H2,1-2H3. The number of hydrogen-bond acceptors (Lipinski definition) is 4. The summed E-state index contributed by atoms with van der Waals surface area (Å²) < 4.78 is 10.6. The number of esters is 1. The largest absolute Gasteiger partial charge is 0.462 e. The molecule has 0 N–H and O–H groups in total. The van der Waals surface area contributed by atoms with Gasteiger partial charge in [0.2, 0.25) is 0 Å². The van der Waals surface area contributed by atoms with Crippen LogP contribution in [0.4, 0.5) is 0 Å². The Bertz CT molecular complexity index is 684. The Labute approximate surface area is 123 Å². The zero-order valence-corrected chi connectivity index (χ0v) is 11.9. The summed E-state index contributed by atoms with van der Waals surface area (Å²) in [6, 6.07) is 14.1. The average molecular weight is 281 g/mol. The maximum Gasteiger partial charge on any atom is 0.338 e. The lowest BCUT2D eigenvalue weighted by Crippen LogP contribution is -2.04. The fraction of sp³-hybridized carbons (Fsp3) is 0.176. The first-order valence-corrected chi connectivity index (χ1v) is 6.60. The summed E-state index contributed by atoms with van der Waals surface area (Å²) in [5.41, 5.74) is 1.94. The Kier molecular flexibility index (Phi) is 4.57. The van der Waals surface area contributed by atoms with Gasteiger partial charge in [-0.1, -0.05) is 6.07 Å². The fourth-order valence-electron chi connectivity index (χ4n) is 1.81. The van der Waals surface area contributed by atoms with Crippen LogP contribution in [0.25, 0.3) is 0 Å². The van der Waals surface area contributed by atoms with Gasteiger partial charge in [-0.05, 0) is 55.8 Å². The first kappa shape index (κ1) is 14.6. The van der Waals surface area contributed by atoms with Crippen LogP contribution in [-0.4, -0.2) is 12.6 Å². The van der Waals surface area contributed by atoms with Crippen LogP contribution in [0.2, 0.25) is 0 Å². The topological polar surface area (TPSA) is 59.3 Å². The van der Waals surface area contributed by atoms with Crippen LogP contribution in [0, 0.1) is 18.3 Å². The number of nitriles is 1. The highest BCUT2D eigenvalue weighted by Gasteiger charge is 2.08. The summed E-state index contributed by atoms with van der Waals surface area (Å²) in [4.78, 5) is 11.6. The highest BCUT2D eigenvalue weighted by Crippen LogP contribution is 2.26. The summed E-state index contributed by atoms with van der Waals surface area (Å²) in [5.74, 6) is 0.698. The van der Waals surface area contributed by atoms with E-state index in [1.165, 1.54) is 0 Å². The third kappa shape index (κ3) is 3.61. The third-order valence-electron chi connectivity index (χ3n) is 2.85. The minimum absolute atomic E-state index is 0.339. The second-order valence-corrected chi connectivity index (χ2v) is 4.46. The molecule has 0 atom stereocenters. The van der Waals surface area contributed by atoms with E-state index >= 15 is 0 Å². The number of rotatable bonds is 4. The molecular formula is C17H15NO3. The lowest BCUT2D eigenvalue weighted by atomic mass is 10.1. The maximum absolute atomic E-state index is 11.6. The van der Waals surface area contributed by atoms with Gasteiger partial charge >= 0.3 is 5.97 Å². The molecule has 0 aromatic heterocycles. The molecule has 0 aliphatic heterocycles. The van der Waals surface area contributed by atoms with Crippen molar-refractivity contribution in [2.45, 2.75) is 13.8 Å². The van der Waals surface area contributed by atoms with E-state index in [-0.39, 0.29) is 5.97 Å². The van der Waals surface area contributed by atoms with Crippen molar-refractivity contribution in [3.05, 3.63) is 59.2 Å². The molecule has 106 valence electrons. The van der Waals surface area contributed by atoms with Crippen LogP contribution in [0.5, 0.6) is 11.5 Å². The molecule has 0 spiro atoms. The Morgan fingerprint density at radius 3 is 2.52 bits per heavy atom. The van der Waals surface area contributed by atoms with Gasteiger partial charge in [-0.3, -0.25) is 0 Å². The lowest BCUT2D eigenvalue weighted by Gasteiger charge is -2.09. The van der Waals surface area contributed by atoms with Gasteiger partial charge < -0.3 is 9.47 Å². The van der Waals surface area contributed by atoms with Crippen molar-refractivity contribution in [2.24, 2.45) is 0 Å².